The van der Waals surface area contributed by atoms with E-state index in [0.29, 0.717) is 5.56 Å². The van der Waals surface area contributed by atoms with Gasteiger partial charge in [-0.3, -0.25) is 9.59 Å². The highest BCUT2D eigenvalue weighted by molar-refractivity contribution is 14.1. The Balaban J connectivity index is 2.71. The summed E-state index contributed by atoms with van der Waals surface area (Å²) in [5.41, 5.74) is 0.400. The van der Waals surface area contributed by atoms with Crippen molar-refractivity contribution in [3.05, 3.63) is 33.4 Å². The van der Waals surface area contributed by atoms with Crippen LogP contribution in [-0.4, -0.2) is 36.1 Å². The molecule has 0 aliphatic heterocycles. The minimum absolute atomic E-state index is 0.0167. The first kappa shape index (κ1) is 16.4. The number of carbonyl (C=O) groups is 3. The van der Waals surface area contributed by atoms with Crippen molar-refractivity contribution in [3.8, 4) is 0 Å². The van der Waals surface area contributed by atoms with Crippen LogP contribution in [0.1, 0.15) is 23.2 Å². The summed E-state index contributed by atoms with van der Waals surface area (Å²) < 4.78 is 5.17. The summed E-state index contributed by atoms with van der Waals surface area (Å²) in [6, 6.07) is 5.71. The maximum absolute atomic E-state index is 12.0. The molecule has 1 rings (SSSR count). The van der Waals surface area contributed by atoms with E-state index >= 15 is 0 Å². The van der Waals surface area contributed by atoms with Crippen LogP contribution in [-0.2, 0) is 14.3 Å². The summed E-state index contributed by atoms with van der Waals surface area (Å²) in [6.45, 7) is 0. The van der Waals surface area contributed by atoms with Gasteiger partial charge in [0.05, 0.1) is 12.7 Å². The smallest absolute Gasteiger partial charge is 0.326 e. The quantitative estimate of drug-likeness (QED) is 0.566. The van der Waals surface area contributed by atoms with E-state index in [1.165, 1.54) is 7.11 Å². The van der Waals surface area contributed by atoms with E-state index in [0.717, 1.165) is 3.57 Å². The minimum atomic E-state index is -1.19. The third-order valence-electron chi connectivity index (χ3n) is 2.59. The van der Waals surface area contributed by atoms with Gasteiger partial charge < -0.3 is 15.2 Å². The van der Waals surface area contributed by atoms with Gasteiger partial charge in [-0.1, -0.05) is 12.1 Å². The Morgan fingerprint density at radius 2 is 2.00 bits per heavy atom. The maximum Gasteiger partial charge on any atom is 0.326 e. The zero-order valence-corrected chi connectivity index (χ0v) is 12.9. The fourth-order valence-electron chi connectivity index (χ4n) is 1.50. The lowest BCUT2D eigenvalue weighted by atomic mass is 10.1. The molecule has 1 aromatic rings. The fourth-order valence-corrected chi connectivity index (χ4v) is 2.14. The number of nitrogens with one attached hydrogen (secondary N) is 1. The molecule has 0 heterocycles. The van der Waals surface area contributed by atoms with Crippen LogP contribution in [0.4, 0.5) is 0 Å². The average molecular weight is 391 g/mol. The highest BCUT2D eigenvalue weighted by atomic mass is 127. The molecule has 0 saturated carbocycles. The van der Waals surface area contributed by atoms with Gasteiger partial charge in [0, 0.05) is 9.99 Å². The van der Waals surface area contributed by atoms with E-state index in [2.05, 4.69) is 10.1 Å². The van der Waals surface area contributed by atoms with Crippen molar-refractivity contribution >= 4 is 40.4 Å². The van der Waals surface area contributed by atoms with Gasteiger partial charge in [-0.05, 0) is 41.1 Å². The van der Waals surface area contributed by atoms with E-state index in [-0.39, 0.29) is 12.8 Å². The molecule has 0 aromatic heterocycles. The van der Waals surface area contributed by atoms with Gasteiger partial charge in [0.25, 0.3) is 5.91 Å². The number of carboxylic acid groups (broad SMARTS) is 1. The fraction of sp³-hybridized carbons (Fsp3) is 0.308. The summed E-state index contributed by atoms with van der Waals surface area (Å²) in [7, 11) is 1.23. The molecule has 6 nitrogen and oxygen atoms in total. The summed E-state index contributed by atoms with van der Waals surface area (Å²) in [5, 5.41) is 11.5. The number of hydrogen-bond acceptors (Lipinski definition) is 4. The summed E-state index contributed by atoms with van der Waals surface area (Å²) in [6.07, 6.45) is -0.0865. The predicted molar refractivity (Wildman–Crippen MR) is 79.3 cm³/mol. The summed E-state index contributed by atoms with van der Waals surface area (Å²) >= 11 is 2.00. The number of rotatable bonds is 6. The van der Waals surface area contributed by atoms with Crippen LogP contribution in [0.2, 0.25) is 0 Å². The molecule has 1 aromatic carbocycles. The monoisotopic (exact) mass is 391 g/mol. The first-order chi connectivity index (χ1) is 9.45. The van der Waals surface area contributed by atoms with Gasteiger partial charge >= 0.3 is 11.9 Å². The van der Waals surface area contributed by atoms with E-state index in [4.69, 9.17) is 5.11 Å². The minimum Gasteiger partial charge on any atom is -0.480 e. The van der Waals surface area contributed by atoms with Crippen molar-refractivity contribution < 1.29 is 24.2 Å². The molecule has 0 fully saturated rings. The standard InChI is InChI=1S/C13H14INO5/c1-20-11(16)7-6-10(13(18)19)15-12(17)8-4-2-3-5-9(8)14/h2-5,10H,6-7H2,1H3,(H,15,17)(H,18,19)/t10-/m0/s1. The van der Waals surface area contributed by atoms with Gasteiger partial charge in [-0.2, -0.15) is 0 Å². The second-order valence-corrected chi connectivity index (χ2v) is 5.12. The van der Waals surface area contributed by atoms with Crippen molar-refractivity contribution in [2.24, 2.45) is 0 Å². The molecule has 2 N–H and O–H groups in total. The molecule has 0 aliphatic carbocycles. The largest absolute Gasteiger partial charge is 0.480 e. The van der Waals surface area contributed by atoms with Crippen molar-refractivity contribution in [2.75, 3.05) is 7.11 Å². The number of esters is 1. The van der Waals surface area contributed by atoms with Crippen molar-refractivity contribution in [3.63, 3.8) is 0 Å². The molecule has 0 saturated heterocycles. The predicted octanol–water partition coefficient (Wildman–Crippen LogP) is 1.43. The highest BCUT2D eigenvalue weighted by Crippen LogP contribution is 2.12. The molecule has 20 heavy (non-hydrogen) atoms. The second kappa shape index (κ2) is 7.83. The van der Waals surface area contributed by atoms with Crippen LogP contribution in [0.3, 0.4) is 0 Å². The van der Waals surface area contributed by atoms with Gasteiger partial charge in [-0.15, -0.1) is 0 Å². The molecule has 1 atom stereocenters. The maximum atomic E-state index is 12.0. The number of halogens is 1. The number of methoxy groups -OCH3 is 1. The van der Waals surface area contributed by atoms with Crippen LogP contribution in [0.25, 0.3) is 0 Å². The van der Waals surface area contributed by atoms with Gasteiger partial charge in [-0.25, -0.2) is 4.79 Å². The SMILES string of the molecule is COC(=O)CC[C@H](NC(=O)c1ccccc1I)C(=O)O. The second-order valence-electron chi connectivity index (χ2n) is 3.96. The Labute approximate surface area is 129 Å². The van der Waals surface area contributed by atoms with Crippen LogP contribution in [0, 0.1) is 3.57 Å². The zero-order valence-electron chi connectivity index (χ0n) is 10.8. The molecular formula is C13H14INO5. The van der Waals surface area contributed by atoms with E-state index in [1.807, 2.05) is 22.6 Å². The normalized spacial score (nSPS) is 11.5. The topological polar surface area (TPSA) is 92.7 Å². The number of carboxylic acids is 1. The van der Waals surface area contributed by atoms with Crippen LogP contribution < -0.4 is 5.32 Å². The highest BCUT2D eigenvalue weighted by Gasteiger charge is 2.22. The van der Waals surface area contributed by atoms with Gasteiger partial charge in [0.1, 0.15) is 6.04 Å². The third kappa shape index (κ3) is 4.80. The first-order valence-corrected chi connectivity index (χ1v) is 6.88. The van der Waals surface area contributed by atoms with Crippen molar-refractivity contribution in [1.82, 2.24) is 5.32 Å². The first-order valence-electron chi connectivity index (χ1n) is 5.80. The molecule has 0 bridgehead atoms. The Morgan fingerprint density at radius 1 is 1.35 bits per heavy atom. The number of hydrogen-bond donors (Lipinski definition) is 2. The van der Waals surface area contributed by atoms with Gasteiger partial charge in [0.2, 0.25) is 0 Å². The molecular weight excluding hydrogens is 377 g/mol. The third-order valence-corrected chi connectivity index (χ3v) is 3.53. The molecule has 0 aliphatic rings. The van der Waals surface area contributed by atoms with Crippen LogP contribution in [0.15, 0.2) is 24.3 Å². The molecule has 7 heteroatoms. The average Bonchev–Trinajstić information content (AvgIpc) is 2.42. The summed E-state index contributed by atoms with van der Waals surface area (Å²) in [5.74, 6) is -2.18. The lowest BCUT2D eigenvalue weighted by Crippen LogP contribution is -2.41. The molecule has 0 radical (unpaired) electrons. The number of benzene rings is 1. The van der Waals surface area contributed by atoms with Gasteiger partial charge in [0.15, 0.2) is 0 Å². The van der Waals surface area contributed by atoms with E-state index in [1.54, 1.807) is 24.3 Å². The van der Waals surface area contributed by atoms with Crippen molar-refractivity contribution in [2.45, 2.75) is 18.9 Å². The number of ether oxygens (including phenoxy) is 1. The van der Waals surface area contributed by atoms with E-state index in [9.17, 15) is 14.4 Å². The van der Waals surface area contributed by atoms with E-state index < -0.39 is 23.9 Å². The van der Waals surface area contributed by atoms with Crippen LogP contribution >= 0.6 is 22.6 Å². The molecule has 0 unspecified atom stereocenters. The molecule has 108 valence electrons. The molecule has 0 spiro atoms. The van der Waals surface area contributed by atoms with Crippen LogP contribution in [0.5, 0.6) is 0 Å². The number of carbonyl (C=O) groups excluding carboxylic acids is 2. The molecule has 1 amide bonds. The lowest BCUT2D eigenvalue weighted by molar-refractivity contribution is -0.142. The Bertz CT molecular complexity index is 517. The lowest BCUT2D eigenvalue weighted by Gasteiger charge is -2.14. The Hall–Kier alpha value is -1.64. The summed E-state index contributed by atoms with van der Waals surface area (Å²) in [4.78, 5) is 34.1. The number of aliphatic carboxylic acids is 1. The zero-order chi connectivity index (χ0) is 15.1. The number of amides is 1. The Kier molecular flexibility index (Phi) is 6.43. The van der Waals surface area contributed by atoms with Crippen molar-refractivity contribution in [1.29, 1.82) is 0 Å². The Morgan fingerprint density at radius 3 is 2.55 bits per heavy atom.